The second kappa shape index (κ2) is 10.5. The summed E-state index contributed by atoms with van der Waals surface area (Å²) < 4.78 is 7.26. The Balaban J connectivity index is 1.95. The summed E-state index contributed by atoms with van der Waals surface area (Å²) in [5, 5.41) is 5.97. The molecule has 0 aliphatic heterocycles. The number of aromatic nitrogens is 3. The largest absolute Gasteiger partial charge is 0.383 e. The van der Waals surface area contributed by atoms with Crippen molar-refractivity contribution >= 4 is 17.2 Å². The van der Waals surface area contributed by atoms with Crippen LogP contribution in [0.1, 0.15) is 48.4 Å². The molecule has 6 nitrogen and oxygen atoms in total. The maximum absolute atomic E-state index is 12.7. The van der Waals surface area contributed by atoms with E-state index >= 15 is 0 Å². The van der Waals surface area contributed by atoms with Gasteiger partial charge in [-0.2, -0.15) is 0 Å². The molecule has 0 atom stereocenters. The van der Waals surface area contributed by atoms with Crippen molar-refractivity contribution in [3.8, 4) is 22.0 Å². The quantitative estimate of drug-likeness (QED) is 0.476. The van der Waals surface area contributed by atoms with Crippen molar-refractivity contribution in [3.05, 3.63) is 46.7 Å². The van der Waals surface area contributed by atoms with Crippen LogP contribution in [0.3, 0.4) is 0 Å². The summed E-state index contributed by atoms with van der Waals surface area (Å²) in [4.78, 5) is 22.0. The molecule has 3 aromatic heterocycles. The van der Waals surface area contributed by atoms with E-state index in [1.807, 2.05) is 25.3 Å². The van der Waals surface area contributed by atoms with Crippen LogP contribution in [-0.2, 0) is 17.7 Å². The zero-order valence-corrected chi connectivity index (χ0v) is 19.0. The van der Waals surface area contributed by atoms with Gasteiger partial charge in [-0.15, -0.1) is 11.3 Å². The molecular formula is C23H30N4O2S. The van der Waals surface area contributed by atoms with Crippen molar-refractivity contribution in [2.45, 2.75) is 46.6 Å². The van der Waals surface area contributed by atoms with Crippen molar-refractivity contribution in [1.29, 1.82) is 0 Å². The number of methoxy groups -OCH3 is 1. The molecule has 7 heteroatoms. The topological polar surface area (TPSA) is 69.0 Å². The van der Waals surface area contributed by atoms with Gasteiger partial charge >= 0.3 is 0 Å². The number of carbonyl (C=O) groups excluding carboxylic acids is 1. The normalized spacial score (nSPS) is 11.1. The Kier molecular flexibility index (Phi) is 7.76. The predicted molar refractivity (Wildman–Crippen MR) is 122 cm³/mol. The van der Waals surface area contributed by atoms with Crippen molar-refractivity contribution in [1.82, 2.24) is 19.9 Å². The number of nitrogens with one attached hydrogen (secondary N) is 1. The minimum atomic E-state index is -0.0711. The molecular weight excluding hydrogens is 396 g/mol. The molecule has 0 aliphatic rings. The Morgan fingerprint density at radius 3 is 2.87 bits per heavy atom. The molecule has 3 rings (SSSR count). The summed E-state index contributed by atoms with van der Waals surface area (Å²) in [7, 11) is 1.63. The first-order chi connectivity index (χ1) is 14.6. The molecule has 0 saturated carbocycles. The Hall–Kier alpha value is -2.51. The zero-order chi connectivity index (χ0) is 21.5. The third kappa shape index (κ3) is 4.96. The lowest BCUT2D eigenvalue weighted by Gasteiger charge is -2.10. The Labute approximate surface area is 182 Å². The number of hydrogen-bond acceptors (Lipinski definition) is 5. The highest BCUT2D eigenvalue weighted by Crippen LogP contribution is 2.32. The molecule has 3 heterocycles. The van der Waals surface area contributed by atoms with Gasteiger partial charge in [0.2, 0.25) is 0 Å². The summed E-state index contributed by atoms with van der Waals surface area (Å²) in [6.07, 6.45) is 4.87. The van der Waals surface area contributed by atoms with Crippen LogP contribution >= 0.6 is 11.3 Å². The molecule has 1 N–H and O–H groups in total. The molecule has 30 heavy (non-hydrogen) atoms. The van der Waals surface area contributed by atoms with E-state index in [2.05, 4.69) is 40.2 Å². The fraction of sp³-hybridized carbons (Fsp3) is 0.435. The summed E-state index contributed by atoms with van der Waals surface area (Å²) in [6.45, 7) is 8.13. The van der Waals surface area contributed by atoms with Gasteiger partial charge in [-0.3, -0.25) is 9.78 Å². The van der Waals surface area contributed by atoms with E-state index in [0.29, 0.717) is 18.7 Å². The SMILES string of the molecule is CCCCn1c(-c2csc(-c3ccnc(CC)c3)n2)cc(C(=O)NCCOC)c1C. The van der Waals surface area contributed by atoms with E-state index in [0.717, 1.165) is 59.2 Å². The third-order valence-corrected chi connectivity index (χ3v) is 6.02. The van der Waals surface area contributed by atoms with Crippen LogP contribution in [0.5, 0.6) is 0 Å². The van der Waals surface area contributed by atoms with Crippen molar-refractivity contribution in [2.24, 2.45) is 0 Å². The molecule has 0 saturated heterocycles. The molecule has 0 radical (unpaired) electrons. The Morgan fingerprint density at radius 2 is 2.13 bits per heavy atom. The Morgan fingerprint density at radius 1 is 1.30 bits per heavy atom. The first-order valence-electron chi connectivity index (χ1n) is 10.5. The van der Waals surface area contributed by atoms with Crippen LogP contribution in [0, 0.1) is 6.92 Å². The number of thiazole rings is 1. The van der Waals surface area contributed by atoms with Gasteiger partial charge in [0.25, 0.3) is 5.91 Å². The molecule has 0 fully saturated rings. The number of hydrogen-bond donors (Lipinski definition) is 1. The standard InChI is InChI=1S/C23H30N4O2S/c1-5-7-11-27-16(3)19(22(28)25-10-12-29-4)14-21(27)20-15-30-23(26-20)17-8-9-24-18(6-2)13-17/h8-9,13-15H,5-7,10-12H2,1-4H3,(H,25,28). The average molecular weight is 427 g/mol. The number of amides is 1. The lowest BCUT2D eigenvalue weighted by atomic mass is 10.2. The summed E-state index contributed by atoms with van der Waals surface area (Å²) in [5.74, 6) is -0.0711. The van der Waals surface area contributed by atoms with Gasteiger partial charge in [-0.1, -0.05) is 20.3 Å². The minimum absolute atomic E-state index is 0.0711. The van der Waals surface area contributed by atoms with E-state index in [1.54, 1.807) is 18.4 Å². The number of carbonyl (C=O) groups is 1. The highest BCUT2D eigenvalue weighted by atomic mass is 32.1. The molecule has 3 aromatic rings. The molecule has 160 valence electrons. The van der Waals surface area contributed by atoms with Gasteiger partial charge in [-0.05, 0) is 38.0 Å². The Bertz CT molecular complexity index is 993. The molecule has 0 unspecified atom stereocenters. The fourth-order valence-electron chi connectivity index (χ4n) is 3.38. The van der Waals surface area contributed by atoms with E-state index in [4.69, 9.17) is 9.72 Å². The zero-order valence-electron chi connectivity index (χ0n) is 18.2. The summed E-state index contributed by atoms with van der Waals surface area (Å²) in [5.41, 5.74) is 5.70. The maximum atomic E-state index is 12.7. The van der Waals surface area contributed by atoms with Crippen molar-refractivity contribution in [3.63, 3.8) is 0 Å². The van der Waals surface area contributed by atoms with Crippen LogP contribution < -0.4 is 5.32 Å². The van der Waals surface area contributed by atoms with E-state index < -0.39 is 0 Å². The monoisotopic (exact) mass is 426 g/mol. The first kappa shape index (κ1) is 22.2. The number of rotatable bonds is 10. The van der Waals surface area contributed by atoms with E-state index in [1.165, 1.54) is 0 Å². The predicted octanol–water partition coefficient (Wildman–Crippen LogP) is 4.72. The smallest absolute Gasteiger partial charge is 0.253 e. The lowest BCUT2D eigenvalue weighted by Crippen LogP contribution is -2.27. The van der Waals surface area contributed by atoms with Crippen LogP contribution in [-0.4, -0.2) is 40.7 Å². The lowest BCUT2D eigenvalue weighted by molar-refractivity contribution is 0.0936. The third-order valence-electron chi connectivity index (χ3n) is 5.13. The number of pyridine rings is 1. The highest BCUT2D eigenvalue weighted by Gasteiger charge is 2.20. The van der Waals surface area contributed by atoms with Crippen molar-refractivity contribution < 1.29 is 9.53 Å². The maximum Gasteiger partial charge on any atom is 0.253 e. The molecule has 0 aromatic carbocycles. The van der Waals surface area contributed by atoms with Crippen LogP contribution in [0.2, 0.25) is 0 Å². The number of aryl methyl sites for hydroxylation is 1. The van der Waals surface area contributed by atoms with Gasteiger partial charge in [0, 0.05) is 48.7 Å². The van der Waals surface area contributed by atoms with Gasteiger partial charge in [-0.25, -0.2) is 4.98 Å². The van der Waals surface area contributed by atoms with Gasteiger partial charge < -0.3 is 14.6 Å². The number of nitrogens with zero attached hydrogens (tertiary/aromatic N) is 3. The first-order valence-corrected chi connectivity index (χ1v) is 11.3. The molecule has 0 aliphatic carbocycles. The second-order valence-corrected chi connectivity index (χ2v) is 8.07. The molecule has 0 spiro atoms. The molecule has 0 bridgehead atoms. The van der Waals surface area contributed by atoms with Crippen LogP contribution in [0.15, 0.2) is 29.8 Å². The summed E-state index contributed by atoms with van der Waals surface area (Å²) >= 11 is 1.62. The van der Waals surface area contributed by atoms with Gasteiger partial charge in [0.05, 0.1) is 23.6 Å². The highest BCUT2D eigenvalue weighted by molar-refractivity contribution is 7.13. The fourth-order valence-corrected chi connectivity index (χ4v) is 4.19. The van der Waals surface area contributed by atoms with Crippen LogP contribution in [0.25, 0.3) is 22.0 Å². The number of unbranched alkanes of at least 4 members (excludes halogenated alkanes) is 1. The number of ether oxygens (including phenoxy) is 1. The van der Waals surface area contributed by atoms with Crippen LogP contribution in [0.4, 0.5) is 0 Å². The average Bonchev–Trinajstić information content (AvgIpc) is 3.37. The minimum Gasteiger partial charge on any atom is -0.383 e. The van der Waals surface area contributed by atoms with E-state index in [9.17, 15) is 4.79 Å². The second-order valence-electron chi connectivity index (χ2n) is 7.21. The van der Waals surface area contributed by atoms with Gasteiger partial charge in [0.1, 0.15) is 5.01 Å². The summed E-state index contributed by atoms with van der Waals surface area (Å²) in [6, 6.07) is 6.06. The molecule has 1 amide bonds. The van der Waals surface area contributed by atoms with Gasteiger partial charge in [0.15, 0.2) is 0 Å². The van der Waals surface area contributed by atoms with Crippen molar-refractivity contribution in [2.75, 3.05) is 20.3 Å². The van der Waals surface area contributed by atoms with E-state index in [-0.39, 0.29) is 5.91 Å².